The Kier molecular flexibility index (Phi) is 4.89. The number of hydrogen-bond acceptors (Lipinski definition) is 4. The number of ether oxygens (including phenoxy) is 1. The normalized spacial score (nSPS) is 34.9. The lowest BCUT2D eigenvalue weighted by Crippen LogP contribution is -2.67. The molecule has 2 unspecified atom stereocenters. The molecule has 0 spiro atoms. The van der Waals surface area contributed by atoms with Crippen molar-refractivity contribution < 1.29 is 4.74 Å². The summed E-state index contributed by atoms with van der Waals surface area (Å²) in [5, 5.41) is 0. The summed E-state index contributed by atoms with van der Waals surface area (Å²) in [5.74, 6) is 0. The van der Waals surface area contributed by atoms with Gasteiger partial charge in [-0.05, 0) is 39.5 Å². The molecule has 2 saturated heterocycles. The summed E-state index contributed by atoms with van der Waals surface area (Å²) in [5.41, 5.74) is 6.54. The maximum Gasteiger partial charge on any atom is 0.0731 e. The number of fused-ring (bicyclic) bond motifs is 1. The highest BCUT2D eigenvalue weighted by atomic mass is 16.5. The summed E-state index contributed by atoms with van der Waals surface area (Å²) in [7, 11) is 0. The molecule has 3 rings (SSSR count). The maximum atomic E-state index is 6.31. The van der Waals surface area contributed by atoms with Crippen molar-refractivity contribution >= 4 is 0 Å². The second-order valence-electron chi connectivity index (χ2n) is 7.51. The van der Waals surface area contributed by atoms with Crippen molar-refractivity contribution in [2.24, 2.45) is 5.73 Å². The fourth-order valence-corrected chi connectivity index (χ4v) is 4.75. The van der Waals surface area contributed by atoms with Crippen LogP contribution in [0.25, 0.3) is 0 Å². The van der Waals surface area contributed by atoms with Gasteiger partial charge >= 0.3 is 0 Å². The SMILES string of the molecule is CC(C)N1CCC(CN)(N2CCOC3CCCCC32)CC1. The van der Waals surface area contributed by atoms with Crippen molar-refractivity contribution in [3.05, 3.63) is 0 Å². The van der Waals surface area contributed by atoms with Crippen LogP contribution in [0.5, 0.6) is 0 Å². The van der Waals surface area contributed by atoms with Gasteiger partial charge in [-0.1, -0.05) is 12.8 Å². The predicted octanol–water partition coefficient (Wildman–Crippen LogP) is 1.83. The van der Waals surface area contributed by atoms with E-state index in [9.17, 15) is 0 Å². The van der Waals surface area contributed by atoms with Gasteiger partial charge in [0.1, 0.15) is 0 Å². The Bertz CT molecular complexity index is 337. The fourth-order valence-electron chi connectivity index (χ4n) is 4.75. The largest absolute Gasteiger partial charge is 0.375 e. The van der Waals surface area contributed by atoms with Gasteiger partial charge < -0.3 is 15.4 Å². The molecule has 0 amide bonds. The quantitative estimate of drug-likeness (QED) is 0.862. The zero-order chi connectivity index (χ0) is 14.9. The van der Waals surface area contributed by atoms with Crippen molar-refractivity contribution in [1.29, 1.82) is 0 Å². The van der Waals surface area contributed by atoms with Crippen LogP contribution in [0.15, 0.2) is 0 Å². The van der Waals surface area contributed by atoms with E-state index in [0.717, 1.165) is 19.7 Å². The Balaban J connectivity index is 1.73. The second-order valence-corrected chi connectivity index (χ2v) is 7.51. The minimum atomic E-state index is 0.232. The highest BCUT2D eigenvalue weighted by molar-refractivity contribution is 5.02. The highest BCUT2D eigenvalue weighted by Crippen LogP contribution is 2.37. The van der Waals surface area contributed by atoms with Crippen molar-refractivity contribution in [1.82, 2.24) is 9.80 Å². The molecule has 0 aromatic carbocycles. The van der Waals surface area contributed by atoms with E-state index in [4.69, 9.17) is 10.5 Å². The molecule has 0 aromatic rings. The van der Waals surface area contributed by atoms with Gasteiger partial charge in [0.25, 0.3) is 0 Å². The Morgan fingerprint density at radius 1 is 1.14 bits per heavy atom. The summed E-state index contributed by atoms with van der Waals surface area (Å²) in [6.45, 7) is 9.80. The Hall–Kier alpha value is -0.160. The molecule has 1 saturated carbocycles. The van der Waals surface area contributed by atoms with Gasteiger partial charge in [-0.2, -0.15) is 0 Å². The van der Waals surface area contributed by atoms with E-state index in [1.165, 1.54) is 51.6 Å². The minimum Gasteiger partial charge on any atom is -0.375 e. The van der Waals surface area contributed by atoms with E-state index in [0.29, 0.717) is 18.2 Å². The minimum absolute atomic E-state index is 0.232. The third-order valence-electron chi connectivity index (χ3n) is 6.18. The van der Waals surface area contributed by atoms with E-state index in [1.54, 1.807) is 0 Å². The van der Waals surface area contributed by atoms with Crippen LogP contribution in [-0.2, 0) is 4.74 Å². The molecular formula is C17H33N3O. The zero-order valence-electron chi connectivity index (χ0n) is 13.9. The average molecular weight is 295 g/mol. The predicted molar refractivity (Wildman–Crippen MR) is 86.4 cm³/mol. The first-order valence-corrected chi connectivity index (χ1v) is 8.99. The van der Waals surface area contributed by atoms with E-state index in [2.05, 4.69) is 23.6 Å². The molecule has 3 aliphatic rings. The average Bonchev–Trinajstić information content (AvgIpc) is 2.54. The van der Waals surface area contributed by atoms with Gasteiger partial charge in [-0.25, -0.2) is 0 Å². The smallest absolute Gasteiger partial charge is 0.0731 e. The first-order chi connectivity index (χ1) is 10.2. The Morgan fingerprint density at radius 3 is 2.52 bits per heavy atom. The summed E-state index contributed by atoms with van der Waals surface area (Å²) in [6, 6.07) is 1.29. The van der Waals surface area contributed by atoms with Crippen LogP contribution in [-0.4, -0.2) is 66.3 Å². The molecule has 21 heavy (non-hydrogen) atoms. The molecule has 122 valence electrons. The first-order valence-electron chi connectivity index (χ1n) is 8.99. The van der Waals surface area contributed by atoms with Crippen LogP contribution in [0.1, 0.15) is 52.4 Å². The molecule has 0 aromatic heterocycles. The molecular weight excluding hydrogens is 262 g/mol. The van der Waals surface area contributed by atoms with Crippen molar-refractivity contribution in [2.75, 3.05) is 32.8 Å². The molecule has 4 heteroatoms. The number of rotatable bonds is 3. The van der Waals surface area contributed by atoms with Gasteiger partial charge in [-0.3, -0.25) is 4.90 Å². The fraction of sp³-hybridized carbons (Fsp3) is 1.00. The van der Waals surface area contributed by atoms with Crippen molar-refractivity contribution in [2.45, 2.75) is 76.1 Å². The molecule has 3 fully saturated rings. The third kappa shape index (κ3) is 3.00. The summed E-state index contributed by atoms with van der Waals surface area (Å²) in [6.07, 6.45) is 8.18. The van der Waals surface area contributed by atoms with E-state index >= 15 is 0 Å². The summed E-state index contributed by atoms with van der Waals surface area (Å²) < 4.78 is 6.06. The lowest BCUT2D eigenvalue weighted by Gasteiger charge is -2.56. The number of nitrogens with zero attached hydrogens (tertiary/aromatic N) is 2. The standard InChI is InChI=1S/C17H33N3O/c1-14(2)19-9-7-17(13-18,8-10-19)20-11-12-21-16-6-4-3-5-15(16)20/h14-16H,3-13,18H2,1-2H3. The van der Waals surface area contributed by atoms with Crippen LogP contribution in [0, 0.1) is 0 Å². The van der Waals surface area contributed by atoms with Gasteiger partial charge in [0.15, 0.2) is 0 Å². The van der Waals surface area contributed by atoms with Crippen LogP contribution >= 0.6 is 0 Å². The Morgan fingerprint density at radius 2 is 1.86 bits per heavy atom. The zero-order valence-corrected chi connectivity index (χ0v) is 13.9. The van der Waals surface area contributed by atoms with Gasteiger partial charge in [-0.15, -0.1) is 0 Å². The van der Waals surface area contributed by atoms with E-state index in [-0.39, 0.29) is 5.54 Å². The van der Waals surface area contributed by atoms with Crippen molar-refractivity contribution in [3.63, 3.8) is 0 Å². The number of morpholine rings is 1. The molecule has 2 heterocycles. The molecule has 1 aliphatic carbocycles. The summed E-state index contributed by atoms with van der Waals surface area (Å²) >= 11 is 0. The summed E-state index contributed by atoms with van der Waals surface area (Å²) in [4.78, 5) is 5.38. The van der Waals surface area contributed by atoms with Gasteiger partial charge in [0, 0.05) is 43.8 Å². The maximum absolute atomic E-state index is 6.31. The molecule has 2 atom stereocenters. The number of likely N-dealkylation sites (tertiary alicyclic amines) is 1. The second kappa shape index (κ2) is 6.53. The molecule has 2 aliphatic heterocycles. The van der Waals surface area contributed by atoms with Crippen molar-refractivity contribution in [3.8, 4) is 0 Å². The Labute approximate surface area is 130 Å². The topological polar surface area (TPSA) is 41.7 Å². The first kappa shape index (κ1) is 15.7. The molecule has 2 N–H and O–H groups in total. The molecule has 4 nitrogen and oxygen atoms in total. The monoisotopic (exact) mass is 295 g/mol. The number of piperidine rings is 1. The van der Waals surface area contributed by atoms with Crippen LogP contribution < -0.4 is 5.73 Å². The molecule has 0 bridgehead atoms. The van der Waals surface area contributed by atoms with Crippen LogP contribution in [0.2, 0.25) is 0 Å². The third-order valence-corrected chi connectivity index (χ3v) is 6.18. The van der Waals surface area contributed by atoms with E-state index < -0.39 is 0 Å². The lowest BCUT2D eigenvalue weighted by molar-refractivity contribution is -0.136. The van der Waals surface area contributed by atoms with Crippen LogP contribution in [0.3, 0.4) is 0 Å². The molecule has 0 radical (unpaired) electrons. The van der Waals surface area contributed by atoms with E-state index in [1.807, 2.05) is 0 Å². The van der Waals surface area contributed by atoms with Crippen LogP contribution in [0.4, 0.5) is 0 Å². The lowest BCUT2D eigenvalue weighted by atomic mass is 9.80. The number of nitrogens with two attached hydrogens (primary N) is 1. The highest BCUT2D eigenvalue weighted by Gasteiger charge is 2.46. The van der Waals surface area contributed by atoms with Gasteiger partial charge in [0.2, 0.25) is 0 Å². The number of hydrogen-bond donors (Lipinski definition) is 1. The van der Waals surface area contributed by atoms with Gasteiger partial charge in [0.05, 0.1) is 12.7 Å².